The first-order valence-corrected chi connectivity index (χ1v) is 11.3. The number of carbonyl (C=O) groups excluding carboxylic acids is 1. The number of hydrogen-bond donors (Lipinski definition) is 1. The molecule has 1 aliphatic heterocycles. The van der Waals surface area contributed by atoms with Crippen LogP contribution in [0.15, 0.2) is 41.3 Å². The van der Waals surface area contributed by atoms with Crippen LogP contribution in [0.1, 0.15) is 22.3 Å². The van der Waals surface area contributed by atoms with E-state index in [-0.39, 0.29) is 12.5 Å². The van der Waals surface area contributed by atoms with Gasteiger partial charge in [0, 0.05) is 31.9 Å². The maximum atomic E-state index is 12.8. The van der Waals surface area contributed by atoms with Gasteiger partial charge in [-0.15, -0.1) is 0 Å². The molecule has 6 nitrogen and oxygen atoms in total. The molecule has 2 aromatic carbocycles. The van der Waals surface area contributed by atoms with E-state index in [4.69, 9.17) is 0 Å². The summed E-state index contributed by atoms with van der Waals surface area (Å²) in [7, 11) is -3.49. The summed E-state index contributed by atoms with van der Waals surface area (Å²) in [5.41, 5.74) is 5.15. The predicted octanol–water partition coefficient (Wildman–Crippen LogP) is 2.87. The van der Waals surface area contributed by atoms with Gasteiger partial charge in [0.1, 0.15) is 0 Å². The van der Waals surface area contributed by atoms with Gasteiger partial charge in [-0.05, 0) is 51.0 Å². The van der Waals surface area contributed by atoms with Gasteiger partial charge in [-0.2, -0.15) is 4.31 Å². The second-order valence-corrected chi connectivity index (χ2v) is 9.75. The van der Waals surface area contributed by atoms with Crippen LogP contribution < -0.4 is 5.32 Å². The molecule has 1 saturated heterocycles. The number of anilines is 1. The maximum absolute atomic E-state index is 12.8. The molecule has 0 aliphatic carbocycles. The largest absolute Gasteiger partial charge is 0.324 e. The van der Waals surface area contributed by atoms with Gasteiger partial charge in [0.15, 0.2) is 0 Å². The fourth-order valence-corrected chi connectivity index (χ4v) is 5.17. The van der Waals surface area contributed by atoms with Crippen LogP contribution in [-0.4, -0.2) is 56.3 Å². The summed E-state index contributed by atoms with van der Waals surface area (Å²) in [5.74, 6) is -0.0742. The van der Waals surface area contributed by atoms with Crippen LogP contribution in [0.3, 0.4) is 0 Å². The van der Waals surface area contributed by atoms with Crippen molar-refractivity contribution in [3.63, 3.8) is 0 Å². The van der Waals surface area contributed by atoms with Crippen LogP contribution in [-0.2, 0) is 14.8 Å². The van der Waals surface area contributed by atoms with E-state index in [1.165, 1.54) is 9.87 Å². The van der Waals surface area contributed by atoms with Gasteiger partial charge >= 0.3 is 0 Å². The van der Waals surface area contributed by atoms with Crippen molar-refractivity contribution >= 4 is 21.6 Å². The van der Waals surface area contributed by atoms with E-state index in [1.807, 2.05) is 44.7 Å². The fourth-order valence-electron chi connectivity index (χ4n) is 3.75. The summed E-state index contributed by atoms with van der Waals surface area (Å²) in [5, 5.41) is 3.01. The van der Waals surface area contributed by atoms with E-state index < -0.39 is 10.0 Å². The zero-order valence-electron chi connectivity index (χ0n) is 17.5. The SMILES string of the molecule is Cc1ccc(S(=O)(=O)N2CCN(CC(=O)Nc3c(C)cc(C)cc3C)CC2)cc1. The molecule has 7 heteroatoms. The first kappa shape index (κ1) is 21.5. The Bertz CT molecular complexity index is 969. The highest BCUT2D eigenvalue weighted by atomic mass is 32.2. The number of piperazine rings is 1. The summed E-state index contributed by atoms with van der Waals surface area (Å²) in [4.78, 5) is 14.8. The molecule has 0 atom stereocenters. The fraction of sp³-hybridized carbons (Fsp3) is 0.409. The molecule has 1 aliphatic rings. The molecule has 1 amide bonds. The zero-order chi connectivity index (χ0) is 21.2. The topological polar surface area (TPSA) is 69.7 Å². The lowest BCUT2D eigenvalue weighted by Gasteiger charge is -2.33. The Hall–Kier alpha value is -2.22. The summed E-state index contributed by atoms with van der Waals surface area (Å²) in [6.07, 6.45) is 0. The number of aryl methyl sites for hydroxylation is 4. The Morgan fingerprint density at radius 3 is 2.00 bits per heavy atom. The highest BCUT2D eigenvalue weighted by molar-refractivity contribution is 7.89. The molecule has 1 heterocycles. The molecule has 156 valence electrons. The molecule has 2 aromatic rings. The lowest BCUT2D eigenvalue weighted by molar-refractivity contribution is -0.117. The van der Waals surface area contributed by atoms with Gasteiger partial charge in [-0.3, -0.25) is 9.69 Å². The number of carbonyl (C=O) groups is 1. The van der Waals surface area contributed by atoms with Crippen molar-refractivity contribution < 1.29 is 13.2 Å². The Morgan fingerprint density at radius 2 is 1.45 bits per heavy atom. The third-order valence-corrected chi connectivity index (χ3v) is 7.21. The van der Waals surface area contributed by atoms with E-state index in [0.29, 0.717) is 31.1 Å². The molecule has 0 aromatic heterocycles. The van der Waals surface area contributed by atoms with Crippen molar-refractivity contribution in [2.24, 2.45) is 0 Å². The molecular weight excluding hydrogens is 386 g/mol. The van der Waals surface area contributed by atoms with E-state index in [9.17, 15) is 13.2 Å². The third-order valence-electron chi connectivity index (χ3n) is 5.30. The lowest BCUT2D eigenvalue weighted by Crippen LogP contribution is -2.50. The molecule has 0 saturated carbocycles. The molecular formula is C22H29N3O3S. The van der Waals surface area contributed by atoms with Gasteiger partial charge < -0.3 is 5.32 Å². The summed E-state index contributed by atoms with van der Waals surface area (Å²) < 4.78 is 27.1. The molecule has 0 bridgehead atoms. The second-order valence-electron chi connectivity index (χ2n) is 7.82. The molecule has 0 unspecified atom stereocenters. The van der Waals surface area contributed by atoms with Crippen LogP contribution >= 0.6 is 0 Å². The summed E-state index contributed by atoms with van der Waals surface area (Å²) in [6, 6.07) is 11.0. The average Bonchev–Trinajstić information content (AvgIpc) is 2.65. The smallest absolute Gasteiger partial charge is 0.243 e. The molecule has 1 N–H and O–H groups in total. The minimum atomic E-state index is -3.49. The second kappa shape index (κ2) is 8.65. The van der Waals surface area contributed by atoms with Crippen molar-refractivity contribution in [1.29, 1.82) is 0 Å². The van der Waals surface area contributed by atoms with Crippen LogP contribution in [0.4, 0.5) is 5.69 Å². The van der Waals surface area contributed by atoms with Crippen molar-refractivity contribution in [2.75, 3.05) is 38.0 Å². The van der Waals surface area contributed by atoms with Crippen molar-refractivity contribution in [3.05, 3.63) is 58.7 Å². The van der Waals surface area contributed by atoms with Crippen LogP contribution in [0.2, 0.25) is 0 Å². The average molecular weight is 416 g/mol. The first-order valence-electron chi connectivity index (χ1n) is 9.83. The van der Waals surface area contributed by atoms with E-state index >= 15 is 0 Å². The third kappa shape index (κ3) is 5.04. The van der Waals surface area contributed by atoms with Gasteiger partial charge in [0.25, 0.3) is 0 Å². The molecule has 1 fully saturated rings. The van der Waals surface area contributed by atoms with E-state index in [2.05, 4.69) is 17.4 Å². The van der Waals surface area contributed by atoms with Crippen LogP contribution in [0.25, 0.3) is 0 Å². The monoisotopic (exact) mass is 415 g/mol. The zero-order valence-corrected chi connectivity index (χ0v) is 18.3. The normalized spacial score (nSPS) is 16.0. The Kier molecular flexibility index (Phi) is 6.41. The number of sulfonamides is 1. The lowest BCUT2D eigenvalue weighted by atomic mass is 10.1. The number of hydrogen-bond acceptors (Lipinski definition) is 4. The highest BCUT2D eigenvalue weighted by Gasteiger charge is 2.29. The minimum Gasteiger partial charge on any atom is -0.324 e. The maximum Gasteiger partial charge on any atom is 0.243 e. The van der Waals surface area contributed by atoms with Crippen molar-refractivity contribution in [2.45, 2.75) is 32.6 Å². The number of benzene rings is 2. The van der Waals surface area contributed by atoms with Gasteiger partial charge in [-0.25, -0.2) is 8.42 Å². The van der Waals surface area contributed by atoms with Gasteiger partial charge in [0.05, 0.1) is 11.4 Å². The number of nitrogens with zero attached hydrogens (tertiary/aromatic N) is 2. The Balaban J connectivity index is 1.57. The quantitative estimate of drug-likeness (QED) is 0.815. The molecule has 3 rings (SSSR count). The van der Waals surface area contributed by atoms with E-state index in [0.717, 1.165) is 22.4 Å². The summed E-state index contributed by atoms with van der Waals surface area (Å²) >= 11 is 0. The van der Waals surface area contributed by atoms with Gasteiger partial charge in [-0.1, -0.05) is 35.4 Å². The first-order chi connectivity index (χ1) is 13.7. The molecule has 0 spiro atoms. The number of rotatable bonds is 5. The number of nitrogens with one attached hydrogen (secondary N) is 1. The Labute approximate surface area is 173 Å². The standard InChI is InChI=1S/C22H29N3O3S/c1-16-5-7-20(8-6-16)29(27,28)25-11-9-24(10-12-25)15-21(26)23-22-18(3)13-17(2)14-19(22)4/h5-8,13-14H,9-12,15H2,1-4H3,(H,23,26). The van der Waals surface area contributed by atoms with Gasteiger partial charge in [0.2, 0.25) is 15.9 Å². The molecule has 29 heavy (non-hydrogen) atoms. The van der Waals surface area contributed by atoms with Crippen LogP contribution in [0.5, 0.6) is 0 Å². The minimum absolute atomic E-state index is 0.0742. The number of amides is 1. The highest BCUT2D eigenvalue weighted by Crippen LogP contribution is 2.22. The van der Waals surface area contributed by atoms with Crippen molar-refractivity contribution in [3.8, 4) is 0 Å². The Morgan fingerprint density at radius 1 is 0.897 bits per heavy atom. The van der Waals surface area contributed by atoms with Crippen molar-refractivity contribution in [1.82, 2.24) is 9.21 Å². The predicted molar refractivity (Wildman–Crippen MR) is 116 cm³/mol. The van der Waals surface area contributed by atoms with E-state index in [1.54, 1.807) is 12.1 Å². The van der Waals surface area contributed by atoms with Crippen LogP contribution in [0, 0.1) is 27.7 Å². The summed E-state index contributed by atoms with van der Waals surface area (Å²) in [6.45, 7) is 10.0. The molecule has 0 radical (unpaired) electrons.